The Balaban J connectivity index is 2.06. The minimum Gasteiger partial charge on any atom is -0.326 e. The zero-order valence-electron chi connectivity index (χ0n) is 9.85. The highest BCUT2D eigenvalue weighted by molar-refractivity contribution is 5.75. The molecule has 3 rings (SSSR count). The third-order valence-electron chi connectivity index (χ3n) is 3.42. The third-order valence-corrected chi connectivity index (χ3v) is 3.42. The summed E-state index contributed by atoms with van der Waals surface area (Å²) in [6.07, 6.45) is 0. The maximum absolute atomic E-state index is 4.71. The molecule has 0 radical (unpaired) electrons. The number of imidazole rings is 1. The lowest BCUT2D eigenvalue weighted by Gasteiger charge is -2.30. The van der Waals surface area contributed by atoms with E-state index in [0.29, 0.717) is 6.04 Å². The van der Waals surface area contributed by atoms with E-state index in [4.69, 9.17) is 4.98 Å². The SMILES string of the molecule is CC(C)N1CCn2c(nc3ccccc32)C1. The van der Waals surface area contributed by atoms with Crippen LogP contribution in [0.15, 0.2) is 24.3 Å². The summed E-state index contributed by atoms with van der Waals surface area (Å²) in [4.78, 5) is 7.18. The smallest absolute Gasteiger partial charge is 0.124 e. The Morgan fingerprint density at radius 3 is 2.81 bits per heavy atom. The van der Waals surface area contributed by atoms with Gasteiger partial charge in [-0.25, -0.2) is 4.98 Å². The molecule has 0 saturated heterocycles. The van der Waals surface area contributed by atoms with Gasteiger partial charge in [-0.1, -0.05) is 12.1 Å². The molecular formula is C13H17N3. The molecule has 0 amide bonds. The first-order valence-electron chi connectivity index (χ1n) is 5.94. The molecule has 1 aliphatic rings. The lowest BCUT2D eigenvalue weighted by molar-refractivity contribution is 0.175. The molecule has 0 spiro atoms. The molecule has 0 bridgehead atoms. The number of nitrogens with zero attached hydrogens (tertiary/aromatic N) is 3. The summed E-state index contributed by atoms with van der Waals surface area (Å²) < 4.78 is 2.36. The summed E-state index contributed by atoms with van der Waals surface area (Å²) in [6, 6.07) is 9.01. The van der Waals surface area contributed by atoms with Gasteiger partial charge < -0.3 is 4.57 Å². The maximum Gasteiger partial charge on any atom is 0.124 e. The molecule has 3 nitrogen and oxygen atoms in total. The van der Waals surface area contributed by atoms with E-state index >= 15 is 0 Å². The maximum atomic E-state index is 4.71. The lowest BCUT2D eigenvalue weighted by Crippen LogP contribution is -2.38. The van der Waals surface area contributed by atoms with Gasteiger partial charge in [0.05, 0.1) is 17.6 Å². The van der Waals surface area contributed by atoms with Crippen molar-refractivity contribution in [2.24, 2.45) is 0 Å². The van der Waals surface area contributed by atoms with E-state index in [1.54, 1.807) is 0 Å². The standard InChI is InChI=1S/C13H17N3/c1-10(2)15-7-8-16-12-6-4-3-5-11(12)14-13(16)9-15/h3-6,10H,7-9H2,1-2H3. The average Bonchev–Trinajstić information content (AvgIpc) is 2.66. The van der Waals surface area contributed by atoms with Crippen LogP contribution in [0.3, 0.4) is 0 Å². The minimum absolute atomic E-state index is 0.605. The first kappa shape index (κ1) is 9.85. The molecule has 0 saturated carbocycles. The van der Waals surface area contributed by atoms with Crippen molar-refractivity contribution in [2.75, 3.05) is 6.54 Å². The zero-order chi connectivity index (χ0) is 11.1. The fraction of sp³-hybridized carbons (Fsp3) is 0.462. The van der Waals surface area contributed by atoms with Gasteiger partial charge in [0.2, 0.25) is 0 Å². The van der Waals surface area contributed by atoms with Crippen LogP contribution in [0.5, 0.6) is 0 Å². The Labute approximate surface area is 95.7 Å². The van der Waals surface area contributed by atoms with E-state index in [1.165, 1.54) is 11.3 Å². The van der Waals surface area contributed by atoms with Gasteiger partial charge in [0.25, 0.3) is 0 Å². The predicted octanol–water partition coefficient (Wildman–Crippen LogP) is 2.26. The molecule has 2 aromatic rings. The van der Waals surface area contributed by atoms with E-state index in [9.17, 15) is 0 Å². The molecule has 1 aromatic carbocycles. The van der Waals surface area contributed by atoms with E-state index in [-0.39, 0.29) is 0 Å². The number of hydrogen-bond acceptors (Lipinski definition) is 2. The number of hydrogen-bond donors (Lipinski definition) is 0. The Morgan fingerprint density at radius 1 is 1.19 bits per heavy atom. The second-order valence-electron chi connectivity index (χ2n) is 4.73. The molecule has 84 valence electrons. The van der Waals surface area contributed by atoms with Gasteiger partial charge in [-0.2, -0.15) is 0 Å². The van der Waals surface area contributed by atoms with Crippen LogP contribution in [0.25, 0.3) is 11.0 Å². The summed E-state index contributed by atoms with van der Waals surface area (Å²) in [6.45, 7) is 7.67. The lowest BCUT2D eigenvalue weighted by atomic mass is 10.2. The monoisotopic (exact) mass is 215 g/mol. The van der Waals surface area contributed by atoms with E-state index < -0.39 is 0 Å². The van der Waals surface area contributed by atoms with Crippen LogP contribution in [-0.2, 0) is 13.1 Å². The normalized spacial score (nSPS) is 16.9. The van der Waals surface area contributed by atoms with E-state index in [1.807, 2.05) is 0 Å². The second kappa shape index (κ2) is 3.59. The Kier molecular flexibility index (Phi) is 2.21. The number of benzene rings is 1. The van der Waals surface area contributed by atoms with Crippen LogP contribution in [0.1, 0.15) is 19.7 Å². The van der Waals surface area contributed by atoms with Gasteiger partial charge in [-0.3, -0.25) is 4.90 Å². The van der Waals surface area contributed by atoms with Gasteiger partial charge in [0.1, 0.15) is 5.82 Å². The summed E-state index contributed by atoms with van der Waals surface area (Å²) in [7, 11) is 0. The summed E-state index contributed by atoms with van der Waals surface area (Å²) in [5, 5.41) is 0. The minimum atomic E-state index is 0.605. The Hall–Kier alpha value is -1.35. The highest BCUT2D eigenvalue weighted by atomic mass is 15.3. The van der Waals surface area contributed by atoms with Crippen LogP contribution in [0.2, 0.25) is 0 Å². The van der Waals surface area contributed by atoms with E-state index in [2.05, 4.69) is 47.6 Å². The van der Waals surface area contributed by atoms with Crippen molar-refractivity contribution in [3.8, 4) is 0 Å². The van der Waals surface area contributed by atoms with Gasteiger partial charge in [0, 0.05) is 19.1 Å². The number of fused-ring (bicyclic) bond motifs is 3. The van der Waals surface area contributed by atoms with Crippen molar-refractivity contribution >= 4 is 11.0 Å². The third kappa shape index (κ3) is 1.43. The molecule has 0 N–H and O–H groups in total. The molecule has 0 fully saturated rings. The molecule has 16 heavy (non-hydrogen) atoms. The predicted molar refractivity (Wildman–Crippen MR) is 65.3 cm³/mol. The van der Waals surface area contributed by atoms with Gasteiger partial charge in [0.15, 0.2) is 0 Å². The van der Waals surface area contributed by atoms with Crippen LogP contribution >= 0.6 is 0 Å². The first-order valence-corrected chi connectivity index (χ1v) is 5.94. The zero-order valence-corrected chi connectivity index (χ0v) is 9.85. The Bertz CT molecular complexity index is 513. The summed E-state index contributed by atoms with van der Waals surface area (Å²) in [5.74, 6) is 1.21. The number of aromatic nitrogens is 2. The van der Waals surface area contributed by atoms with Crippen LogP contribution in [0.4, 0.5) is 0 Å². The molecule has 0 unspecified atom stereocenters. The van der Waals surface area contributed by atoms with Crippen molar-refractivity contribution < 1.29 is 0 Å². The molecular weight excluding hydrogens is 198 g/mol. The highest BCUT2D eigenvalue weighted by Gasteiger charge is 2.20. The van der Waals surface area contributed by atoms with Crippen molar-refractivity contribution in [1.29, 1.82) is 0 Å². The molecule has 2 heterocycles. The molecule has 0 atom stereocenters. The number of rotatable bonds is 1. The largest absolute Gasteiger partial charge is 0.326 e. The van der Waals surface area contributed by atoms with Crippen LogP contribution in [-0.4, -0.2) is 27.0 Å². The van der Waals surface area contributed by atoms with Crippen molar-refractivity contribution in [3.63, 3.8) is 0 Å². The molecule has 3 heteroatoms. The quantitative estimate of drug-likeness (QED) is 0.727. The second-order valence-corrected chi connectivity index (χ2v) is 4.73. The van der Waals surface area contributed by atoms with Gasteiger partial charge >= 0.3 is 0 Å². The van der Waals surface area contributed by atoms with E-state index in [0.717, 1.165) is 25.2 Å². The van der Waals surface area contributed by atoms with Crippen LogP contribution < -0.4 is 0 Å². The van der Waals surface area contributed by atoms with Gasteiger partial charge in [-0.15, -0.1) is 0 Å². The van der Waals surface area contributed by atoms with Crippen molar-refractivity contribution in [3.05, 3.63) is 30.1 Å². The first-order chi connectivity index (χ1) is 7.75. The number of para-hydroxylation sites is 2. The summed E-state index contributed by atoms with van der Waals surface area (Å²) >= 11 is 0. The van der Waals surface area contributed by atoms with Crippen molar-refractivity contribution in [1.82, 2.24) is 14.5 Å². The highest BCUT2D eigenvalue weighted by Crippen LogP contribution is 2.21. The topological polar surface area (TPSA) is 21.1 Å². The van der Waals surface area contributed by atoms with Gasteiger partial charge in [-0.05, 0) is 26.0 Å². The molecule has 0 aliphatic carbocycles. The summed E-state index contributed by atoms with van der Waals surface area (Å²) in [5.41, 5.74) is 2.41. The van der Waals surface area contributed by atoms with Crippen LogP contribution in [0, 0.1) is 0 Å². The molecule has 1 aliphatic heterocycles. The Morgan fingerprint density at radius 2 is 2.00 bits per heavy atom. The fourth-order valence-electron chi connectivity index (χ4n) is 2.43. The van der Waals surface area contributed by atoms with Crippen molar-refractivity contribution in [2.45, 2.75) is 33.0 Å². The average molecular weight is 215 g/mol. The molecule has 1 aromatic heterocycles. The fourth-order valence-corrected chi connectivity index (χ4v) is 2.43.